The van der Waals surface area contributed by atoms with E-state index in [0.29, 0.717) is 11.6 Å². The standard InChI is InChI=1S/C22H18N6O/c1-13-6-5-9-16-19(13)24-21-20(16)26-28-22(25-21)27-23-12-17-15-8-4-3-7-14(15)10-11-18(17)29-2/h3-12H,1-2H3,(H2,24,25,27,28)/b23-12+. The molecule has 0 unspecified atom stereocenters. The molecule has 7 nitrogen and oxygen atoms in total. The van der Waals surface area contributed by atoms with Crippen molar-refractivity contribution in [2.75, 3.05) is 12.5 Å². The van der Waals surface area contributed by atoms with Crippen LogP contribution in [0.3, 0.4) is 0 Å². The van der Waals surface area contributed by atoms with E-state index in [1.807, 2.05) is 55.5 Å². The third-order valence-electron chi connectivity index (χ3n) is 4.97. The van der Waals surface area contributed by atoms with E-state index in [9.17, 15) is 0 Å². The number of benzene rings is 3. The lowest BCUT2D eigenvalue weighted by molar-refractivity contribution is 0.415. The number of aromatic amines is 1. The third-order valence-corrected chi connectivity index (χ3v) is 4.97. The van der Waals surface area contributed by atoms with Gasteiger partial charge in [0.1, 0.15) is 11.3 Å². The molecule has 5 aromatic rings. The first-order valence-electron chi connectivity index (χ1n) is 9.21. The minimum absolute atomic E-state index is 0.317. The first-order chi connectivity index (χ1) is 14.2. The Morgan fingerprint density at radius 1 is 1.00 bits per heavy atom. The number of hydrazone groups is 1. The maximum atomic E-state index is 5.49. The molecule has 0 aliphatic rings. The fraction of sp³-hybridized carbons (Fsp3) is 0.0909. The molecular weight excluding hydrogens is 364 g/mol. The molecule has 29 heavy (non-hydrogen) atoms. The van der Waals surface area contributed by atoms with Gasteiger partial charge in [0.2, 0.25) is 0 Å². The van der Waals surface area contributed by atoms with Gasteiger partial charge in [-0.3, -0.25) is 0 Å². The van der Waals surface area contributed by atoms with Crippen LogP contribution in [-0.2, 0) is 0 Å². The summed E-state index contributed by atoms with van der Waals surface area (Å²) in [5, 5.41) is 16.0. The zero-order valence-electron chi connectivity index (χ0n) is 16.0. The molecule has 0 spiro atoms. The van der Waals surface area contributed by atoms with Gasteiger partial charge in [-0.2, -0.15) is 10.1 Å². The predicted octanol–water partition coefficient (Wildman–Crippen LogP) is 4.42. The van der Waals surface area contributed by atoms with E-state index in [-0.39, 0.29) is 0 Å². The zero-order chi connectivity index (χ0) is 19.8. The zero-order valence-corrected chi connectivity index (χ0v) is 16.0. The highest BCUT2D eigenvalue weighted by molar-refractivity contribution is 6.04. The number of aromatic nitrogens is 4. The number of fused-ring (bicyclic) bond motifs is 4. The topological polar surface area (TPSA) is 88.1 Å². The molecule has 0 fully saturated rings. The van der Waals surface area contributed by atoms with Gasteiger partial charge in [0.15, 0.2) is 5.65 Å². The number of aryl methyl sites for hydroxylation is 1. The van der Waals surface area contributed by atoms with Gasteiger partial charge in [0, 0.05) is 10.9 Å². The summed E-state index contributed by atoms with van der Waals surface area (Å²) in [6, 6.07) is 18.1. The van der Waals surface area contributed by atoms with Crippen molar-refractivity contribution >= 4 is 45.0 Å². The van der Waals surface area contributed by atoms with E-state index in [1.54, 1.807) is 13.3 Å². The molecule has 3 aromatic carbocycles. The third kappa shape index (κ3) is 2.93. The smallest absolute Gasteiger partial charge is 0.265 e. The Kier molecular flexibility index (Phi) is 4.05. The molecule has 0 aliphatic heterocycles. The van der Waals surface area contributed by atoms with Crippen LogP contribution in [0.1, 0.15) is 11.1 Å². The first-order valence-corrected chi connectivity index (χ1v) is 9.21. The lowest BCUT2D eigenvalue weighted by atomic mass is 10.0. The lowest BCUT2D eigenvalue weighted by Gasteiger charge is -2.08. The second-order valence-corrected chi connectivity index (χ2v) is 6.73. The van der Waals surface area contributed by atoms with E-state index in [4.69, 9.17) is 4.74 Å². The minimum atomic E-state index is 0.317. The van der Waals surface area contributed by atoms with Crippen LogP contribution in [0.4, 0.5) is 5.95 Å². The van der Waals surface area contributed by atoms with Crippen LogP contribution in [0, 0.1) is 6.92 Å². The number of hydrogen-bond donors (Lipinski definition) is 2. The van der Waals surface area contributed by atoms with Crippen molar-refractivity contribution in [2.45, 2.75) is 6.92 Å². The van der Waals surface area contributed by atoms with Crippen LogP contribution >= 0.6 is 0 Å². The van der Waals surface area contributed by atoms with Gasteiger partial charge in [-0.25, -0.2) is 5.43 Å². The molecule has 0 saturated heterocycles. The highest BCUT2D eigenvalue weighted by Gasteiger charge is 2.10. The van der Waals surface area contributed by atoms with Crippen LogP contribution < -0.4 is 10.2 Å². The van der Waals surface area contributed by atoms with Crippen LogP contribution in [0.2, 0.25) is 0 Å². The van der Waals surface area contributed by atoms with Crippen molar-refractivity contribution in [1.82, 2.24) is 20.2 Å². The molecule has 0 atom stereocenters. The van der Waals surface area contributed by atoms with Crippen molar-refractivity contribution in [3.8, 4) is 5.75 Å². The Morgan fingerprint density at radius 3 is 2.76 bits per heavy atom. The fourth-order valence-corrected chi connectivity index (χ4v) is 3.53. The molecule has 2 aromatic heterocycles. The summed E-state index contributed by atoms with van der Waals surface area (Å²) < 4.78 is 5.49. The summed E-state index contributed by atoms with van der Waals surface area (Å²) in [4.78, 5) is 7.82. The molecule has 7 heteroatoms. The molecule has 142 valence electrons. The molecule has 0 aliphatic carbocycles. The number of H-pyrrole nitrogens is 1. The van der Waals surface area contributed by atoms with E-state index in [2.05, 4.69) is 36.8 Å². The van der Waals surface area contributed by atoms with E-state index < -0.39 is 0 Å². The van der Waals surface area contributed by atoms with Crippen LogP contribution in [0.25, 0.3) is 32.8 Å². The van der Waals surface area contributed by atoms with E-state index >= 15 is 0 Å². The number of methoxy groups -OCH3 is 1. The number of nitrogens with zero attached hydrogens (tertiary/aromatic N) is 4. The average molecular weight is 382 g/mol. The van der Waals surface area contributed by atoms with Crippen LogP contribution in [-0.4, -0.2) is 33.5 Å². The van der Waals surface area contributed by atoms with Crippen LogP contribution in [0.15, 0.2) is 59.7 Å². The lowest BCUT2D eigenvalue weighted by Crippen LogP contribution is -2.00. The molecule has 5 rings (SSSR count). The summed E-state index contributed by atoms with van der Waals surface area (Å²) >= 11 is 0. The van der Waals surface area contributed by atoms with Gasteiger partial charge in [0.05, 0.1) is 18.8 Å². The van der Waals surface area contributed by atoms with Crippen molar-refractivity contribution in [1.29, 1.82) is 0 Å². The Hall–Kier alpha value is -4.00. The summed E-state index contributed by atoms with van der Waals surface area (Å²) in [5.74, 6) is 1.06. The highest BCUT2D eigenvalue weighted by Crippen LogP contribution is 2.27. The second-order valence-electron chi connectivity index (χ2n) is 6.73. The Morgan fingerprint density at radius 2 is 1.86 bits per heavy atom. The van der Waals surface area contributed by atoms with Gasteiger partial charge in [0.25, 0.3) is 5.95 Å². The minimum Gasteiger partial charge on any atom is -0.496 e. The Bertz CT molecular complexity index is 1390. The largest absolute Gasteiger partial charge is 0.496 e. The maximum absolute atomic E-state index is 5.49. The molecule has 0 bridgehead atoms. The van der Waals surface area contributed by atoms with E-state index in [0.717, 1.165) is 44.1 Å². The quantitative estimate of drug-likeness (QED) is 0.355. The van der Waals surface area contributed by atoms with Crippen molar-refractivity contribution in [3.63, 3.8) is 0 Å². The van der Waals surface area contributed by atoms with Crippen molar-refractivity contribution < 1.29 is 4.74 Å². The van der Waals surface area contributed by atoms with Crippen molar-refractivity contribution in [3.05, 3.63) is 65.7 Å². The molecule has 2 heterocycles. The fourth-order valence-electron chi connectivity index (χ4n) is 3.53. The Balaban J connectivity index is 1.49. The normalized spacial score (nSPS) is 11.7. The SMILES string of the molecule is COc1ccc2ccccc2c1/C=N/Nc1nnc2c(n1)[nH]c1c(C)cccc12. The number of rotatable bonds is 4. The summed E-state index contributed by atoms with van der Waals surface area (Å²) in [6.45, 7) is 2.05. The molecule has 2 N–H and O–H groups in total. The number of nitrogens with one attached hydrogen (secondary N) is 2. The monoisotopic (exact) mass is 382 g/mol. The van der Waals surface area contributed by atoms with Gasteiger partial charge in [-0.1, -0.05) is 48.5 Å². The second kappa shape index (κ2) is 6.87. The van der Waals surface area contributed by atoms with Crippen LogP contribution in [0.5, 0.6) is 5.75 Å². The number of hydrogen-bond acceptors (Lipinski definition) is 6. The predicted molar refractivity (Wildman–Crippen MR) is 116 cm³/mol. The maximum Gasteiger partial charge on any atom is 0.265 e. The first kappa shape index (κ1) is 17.1. The molecule has 0 radical (unpaired) electrons. The molecular formula is C22H18N6O. The number of anilines is 1. The van der Waals surface area contributed by atoms with Gasteiger partial charge >= 0.3 is 0 Å². The summed E-state index contributed by atoms with van der Waals surface area (Å²) in [7, 11) is 1.65. The van der Waals surface area contributed by atoms with Gasteiger partial charge < -0.3 is 9.72 Å². The van der Waals surface area contributed by atoms with E-state index in [1.165, 1.54) is 0 Å². The summed E-state index contributed by atoms with van der Waals surface area (Å²) in [5.41, 5.74) is 7.32. The number of ether oxygens (including phenoxy) is 1. The summed E-state index contributed by atoms with van der Waals surface area (Å²) in [6.07, 6.45) is 1.71. The average Bonchev–Trinajstić information content (AvgIpc) is 3.13. The molecule has 0 amide bonds. The highest BCUT2D eigenvalue weighted by atomic mass is 16.5. The van der Waals surface area contributed by atoms with Crippen molar-refractivity contribution in [2.24, 2.45) is 5.10 Å². The van der Waals surface area contributed by atoms with Gasteiger partial charge in [-0.15, -0.1) is 10.2 Å². The Labute approximate surface area is 166 Å². The molecule has 0 saturated carbocycles. The number of para-hydroxylation sites is 1. The van der Waals surface area contributed by atoms with Gasteiger partial charge in [-0.05, 0) is 29.3 Å².